The van der Waals surface area contributed by atoms with Gasteiger partial charge in [-0.25, -0.2) is 0 Å². The predicted molar refractivity (Wildman–Crippen MR) is 129 cm³/mol. The summed E-state index contributed by atoms with van der Waals surface area (Å²) in [5.74, 6) is 1.14. The quantitative estimate of drug-likeness (QED) is 0.224. The molecule has 2 N–H and O–H groups in total. The largest absolute Gasteiger partial charge is 0.370 e. The van der Waals surface area contributed by atoms with Gasteiger partial charge in [-0.3, -0.25) is 9.79 Å². The smallest absolute Gasteiger partial charge is 0.222 e. The molecule has 6 nitrogen and oxygen atoms in total. The van der Waals surface area contributed by atoms with Gasteiger partial charge in [0.1, 0.15) is 0 Å². The van der Waals surface area contributed by atoms with Crippen LogP contribution in [-0.4, -0.2) is 62.6 Å². The number of aryl methyl sites for hydroxylation is 1. The molecular weight excluding hydrogens is 465 g/mol. The van der Waals surface area contributed by atoms with Crippen molar-refractivity contribution in [2.24, 2.45) is 4.99 Å². The van der Waals surface area contributed by atoms with Crippen molar-refractivity contribution in [1.82, 2.24) is 15.5 Å². The third-order valence-electron chi connectivity index (χ3n) is 4.79. The number of nitrogens with one attached hydrogen (secondary N) is 2. The lowest BCUT2D eigenvalue weighted by Crippen LogP contribution is -2.41. The number of hydrogen-bond acceptors (Lipinski definition) is 3. The first-order valence-electron chi connectivity index (χ1n) is 10.3. The number of halogens is 1. The lowest BCUT2D eigenvalue weighted by Gasteiger charge is -2.24. The maximum absolute atomic E-state index is 11.6. The highest BCUT2D eigenvalue weighted by Crippen LogP contribution is 2.15. The van der Waals surface area contributed by atoms with E-state index in [9.17, 15) is 4.79 Å². The average Bonchev–Trinajstić information content (AvgIpc) is 3.07. The van der Waals surface area contributed by atoms with Crippen LogP contribution in [0.3, 0.4) is 0 Å². The van der Waals surface area contributed by atoms with Gasteiger partial charge in [0.25, 0.3) is 0 Å². The molecule has 0 spiro atoms. The second-order valence-corrected chi connectivity index (χ2v) is 6.94. The third-order valence-corrected chi connectivity index (χ3v) is 4.79. The van der Waals surface area contributed by atoms with Crippen LogP contribution in [-0.2, 0) is 4.79 Å². The normalized spacial score (nSPS) is 14.0. The number of carbonyl (C=O) groups is 1. The van der Waals surface area contributed by atoms with Crippen LogP contribution < -0.4 is 15.5 Å². The highest BCUT2D eigenvalue weighted by molar-refractivity contribution is 14.0. The molecule has 0 saturated carbocycles. The fourth-order valence-electron chi connectivity index (χ4n) is 3.34. The molecule has 0 bridgehead atoms. The van der Waals surface area contributed by atoms with E-state index in [0.717, 1.165) is 64.6 Å². The number of likely N-dealkylation sites (tertiary alicyclic amines) is 1. The third kappa shape index (κ3) is 8.24. The molecule has 0 radical (unpaired) electrons. The van der Waals surface area contributed by atoms with Crippen LogP contribution >= 0.6 is 24.0 Å². The van der Waals surface area contributed by atoms with E-state index >= 15 is 0 Å². The molecule has 0 aliphatic carbocycles. The predicted octanol–water partition coefficient (Wildman–Crippen LogP) is 3.01. The number of rotatable bonds is 10. The first-order chi connectivity index (χ1) is 13.1. The maximum atomic E-state index is 11.6. The second kappa shape index (κ2) is 13.6. The number of likely N-dealkylation sites (N-methyl/N-ethyl adjacent to an activating group) is 1. The Morgan fingerprint density at radius 3 is 2.75 bits per heavy atom. The molecule has 1 fully saturated rings. The molecule has 0 atom stereocenters. The zero-order valence-electron chi connectivity index (χ0n) is 17.5. The molecule has 0 unspecified atom stereocenters. The van der Waals surface area contributed by atoms with Crippen LogP contribution in [0.2, 0.25) is 0 Å². The summed E-state index contributed by atoms with van der Waals surface area (Å²) in [5, 5.41) is 6.72. The molecular formula is C21H36IN5O. The Kier molecular flexibility index (Phi) is 11.9. The van der Waals surface area contributed by atoms with Crippen molar-refractivity contribution in [2.45, 2.75) is 40.0 Å². The van der Waals surface area contributed by atoms with Crippen molar-refractivity contribution in [2.75, 3.05) is 50.7 Å². The Labute approximate surface area is 187 Å². The number of benzene rings is 1. The molecule has 1 aliphatic heterocycles. The summed E-state index contributed by atoms with van der Waals surface area (Å²) >= 11 is 0. The van der Waals surface area contributed by atoms with Crippen molar-refractivity contribution in [3.8, 4) is 0 Å². The van der Waals surface area contributed by atoms with E-state index in [-0.39, 0.29) is 24.0 Å². The summed E-state index contributed by atoms with van der Waals surface area (Å²) in [5.41, 5.74) is 2.54. The van der Waals surface area contributed by atoms with E-state index in [0.29, 0.717) is 12.3 Å². The van der Waals surface area contributed by atoms with Crippen LogP contribution in [0.25, 0.3) is 0 Å². The number of carbonyl (C=O) groups excluding carboxylic acids is 1. The highest BCUT2D eigenvalue weighted by Gasteiger charge is 2.18. The minimum atomic E-state index is 0. The summed E-state index contributed by atoms with van der Waals surface area (Å²) in [6.07, 6.45) is 2.62. The average molecular weight is 501 g/mol. The minimum Gasteiger partial charge on any atom is -0.370 e. The van der Waals surface area contributed by atoms with Crippen molar-refractivity contribution in [3.63, 3.8) is 0 Å². The molecule has 2 rings (SSSR count). The van der Waals surface area contributed by atoms with Crippen molar-refractivity contribution in [3.05, 3.63) is 29.8 Å². The van der Waals surface area contributed by atoms with Gasteiger partial charge in [-0.2, -0.15) is 0 Å². The number of amides is 1. The number of nitrogens with zero attached hydrogens (tertiary/aromatic N) is 3. The first kappa shape index (κ1) is 24.5. The van der Waals surface area contributed by atoms with Crippen molar-refractivity contribution < 1.29 is 4.79 Å². The van der Waals surface area contributed by atoms with Crippen LogP contribution in [0.15, 0.2) is 29.3 Å². The molecule has 158 valence electrons. The minimum absolute atomic E-state index is 0. The Hall–Kier alpha value is -1.51. The maximum Gasteiger partial charge on any atom is 0.222 e. The summed E-state index contributed by atoms with van der Waals surface area (Å²) in [6, 6.07) is 8.62. The van der Waals surface area contributed by atoms with Crippen molar-refractivity contribution >= 4 is 41.5 Å². The van der Waals surface area contributed by atoms with Crippen molar-refractivity contribution in [1.29, 1.82) is 0 Å². The van der Waals surface area contributed by atoms with Crippen LogP contribution in [0, 0.1) is 6.92 Å². The Balaban J connectivity index is 0.00000392. The highest BCUT2D eigenvalue weighted by atomic mass is 127. The zero-order valence-corrected chi connectivity index (χ0v) is 19.9. The molecule has 1 aromatic rings. The monoisotopic (exact) mass is 501 g/mol. The van der Waals surface area contributed by atoms with E-state index in [1.54, 1.807) is 0 Å². The number of aliphatic imine (C=N–C) groups is 1. The molecule has 1 aliphatic rings. The van der Waals surface area contributed by atoms with Gasteiger partial charge in [0.15, 0.2) is 5.96 Å². The van der Waals surface area contributed by atoms with Gasteiger partial charge >= 0.3 is 0 Å². The molecule has 28 heavy (non-hydrogen) atoms. The topological polar surface area (TPSA) is 60.0 Å². The van der Waals surface area contributed by atoms with Gasteiger partial charge in [-0.05, 0) is 51.3 Å². The Morgan fingerprint density at radius 2 is 2.11 bits per heavy atom. The van der Waals surface area contributed by atoms with Gasteiger partial charge in [0.2, 0.25) is 5.91 Å². The van der Waals surface area contributed by atoms with E-state index in [1.807, 2.05) is 4.90 Å². The first-order valence-corrected chi connectivity index (χ1v) is 10.3. The molecule has 7 heteroatoms. The van der Waals surface area contributed by atoms with Gasteiger partial charge < -0.3 is 20.4 Å². The fraction of sp³-hybridized carbons (Fsp3) is 0.619. The van der Waals surface area contributed by atoms with Crippen LogP contribution in [0.1, 0.15) is 38.7 Å². The lowest BCUT2D eigenvalue weighted by atomic mass is 10.2. The molecule has 1 heterocycles. The van der Waals surface area contributed by atoms with E-state index in [2.05, 4.69) is 65.6 Å². The summed E-state index contributed by atoms with van der Waals surface area (Å²) in [4.78, 5) is 20.6. The second-order valence-electron chi connectivity index (χ2n) is 6.94. The van der Waals surface area contributed by atoms with Gasteiger partial charge in [0, 0.05) is 57.9 Å². The van der Waals surface area contributed by atoms with Crippen LogP contribution in [0.5, 0.6) is 0 Å². The SMILES string of the molecule is CCNC(=NCCCN1CCCC1=O)NCCN(CC)c1cccc(C)c1.I. The van der Waals surface area contributed by atoms with Crippen LogP contribution in [0.4, 0.5) is 5.69 Å². The molecule has 1 saturated heterocycles. The number of anilines is 1. The molecule has 1 aromatic carbocycles. The van der Waals surface area contributed by atoms with E-state index < -0.39 is 0 Å². The standard InChI is InChI=1S/C21H35N5O.HI/c1-4-22-21(23-12-8-15-26-14-7-11-20(26)27)24-13-16-25(5-2)19-10-6-9-18(3)17-19;/h6,9-10,17H,4-5,7-8,11-16H2,1-3H3,(H2,22,23,24);1H. The van der Waals surface area contributed by atoms with E-state index in [1.165, 1.54) is 11.3 Å². The van der Waals surface area contributed by atoms with E-state index in [4.69, 9.17) is 0 Å². The summed E-state index contributed by atoms with van der Waals surface area (Å²) in [6.45, 7) is 12.4. The number of guanidine groups is 1. The summed E-state index contributed by atoms with van der Waals surface area (Å²) < 4.78 is 0. The Morgan fingerprint density at radius 1 is 1.29 bits per heavy atom. The number of hydrogen-bond donors (Lipinski definition) is 2. The van der Waals surface area contributed by atoms with Gasteiger partial charge in [0.05, 0.1) is 0 Å². The fourth-order valence-corrected chi connectivity index (χ4v) is 3.34. The molecule has 0 aromatic heterocycles. The van der Waals surface area contributed by atoms with Gasteiger partial charge in [-0.15, -0.1) is 24.0 Å². The lowest BCUT2D eigenvalue weighted by molar-refractivity contribution is -0.127. The zero-order chi connectivity index (χ0) is 19.5. The molecule has 1 amide bonds. The Bertz CT molecular complexity index is 623. The van der Waals surface area contributed by atoms with Gasteiger partial charge in [-0.1, -0.05) is 12.1 Å². The summed E-state index contributed by atoms with van der Waals surface area (Å²) in [7, 11) is 0.